The van der Waals surface area contributed by atoms with Crippen molar-refractivity contribution in [3.8, 4) is 5.75 Å². The molecule has 25 heavy (non-hydrogen) atoms. The van der Waals surface area contributed by atoms with Crippen molar-refractivity contribution in [3.05, 3.63) is 59.7 Å². The monoisotopic (exact) mass is 454 g/mol. The first kappa shape index (κ1) is 21.2. The van der Waals surface area contributed by atoms with Crippen LogP contribution in [0.4, 0.5) is 5.69 Å². The maximum atomic E-state index is 5.99. The number of aliphatic imine (C=N–C) groups is 1. The molecule has 0 aliphatic rings. The number of nitrogens with one attached hydrogen (secondary N) is 1. The average Bonchev–Trinajstić information content (AvgIpc) is 2.60. The molecule has 5 nitrogen and oxygen atoms in total. The minimum Gasteiger partial charge on any atom is -0.495 e. The topological polar surface area (TPSA) is 62.9 Å². The summed E-state index contributed by atoms with van der Waals surface area (Å²) in [5.74, 6) is 1.11. The lowest BCUT2D eigenvalue weighted by molar-refractivity contribution is 0.345. The molecule has 2 aromatic rings. The third-order valence-electron chi connectivity index (χ3n) is 3.79. The van der Waals surface area contributed by atoms with Crippen molar-refractivity contribution in [2.24, 2.45) is 10.7 Å². The molecular formula is C19H27IN4O. The van der Waals surface area contributed by atoms with E-state index in [1.807, 2.05) is 24.3 Å². The lowest BCUT2D eigenvalue weighted by atomic mass is 10.1. The van der Waals surface area contributed by atoms with Crippen molar-refractivity contribution in [3.63, 3.8) is 0 Å². The van der Waals surface area contributed by atoms with Gasteiger partial charge in [0.05, 0.1) is 19.3 Å². The van der Waals surface area contributed by atoms with Crippen LogP contribution in [0, 0.1) is 0 Å². The van der Waals surface area contributed by atoms with Gasteiger partial charge in [0, 0.05) is 6.54 Å². The average molecular weight is 454 g/mol. The molecule has 0 aliphatic carbocycles. The summed E-state index contributed by atoms with van der Waals surface area (Å²) in [4.78, 5) is 6.68. The molecule has 0 aliphatic heterocycles. The highest BCUT2D eigenvalue weighted by atomic mass is 127. The second-order valence-corrected chi connectivity index (χ2v) is 5.68. The van der Waals surface area contributed by atoms with Gasteiger partial charge in [-0.05, 0) is 36.9 Å². The maximum Gasteiger partial charge on any atom is 0.193 e. The van der Waals surface area contributed by atoms with Gasteiger partial charge in [-0.2, -0.15) is 0 Å². The van der Waals surface area contributed by atoms with Gasteiger partial charge in [0.25, 0.3) is 0 Å². The van der Waals surface area contributed by atoms with Crippen molar-refractivity contribution < 1.29 is 4.74 Å². The van der Waals surface area contributed by atoms with E-state index in [2.05, 4.69) is 53.4 Å². The highest BCUT2D eigenvalue weighted by molar-refractivity contribution is 14.0. The second kappa shape index (κ2) is 10.9. The molecule has 6 heteroatoms. The number of rotatable bonds is 7. The van der Waals surface area contributed by atoms with Crippen molar-refractivity contribution in [1.82, 2.24) is 4.90 Å². The predicted molar refractivity (Wildman–Crippen MR) is 116 cm³/mol. The Morgan fingerprint density at radius 3 is 2.60 bits per heavy atom. The van der Waals surface area contributed by atoms with Crippen LogP contribution in [0.5, 0.6) is 5.75 Å². The van der Waals surface area contributed by atoms with Gasteiger partial charge in [-0.3, -0.25) is 0 Å². The maximum absolute atomic E-state index is 5.99. The van der Waals surface area contributed by atoms with Crippen molar-refractivity contribution in [1.29, 1.82) is 0 Å². The van der Waals surface area contributed by atoms with Gasteiger partial charge in [-0.1, -0.05) is 43.3 Å². The molecule has 0 heterocycles. The van der Waals surface area contributed by atoms with Gasteiger partial charge >= 0.3 is 0 Å². The first-order valence-electron chi connectivity index (χ1n) is 8.08. The van der Waals surface area contributed by atoms with Gasteiger partial charge < -0.3 is 20.7 Å². The summed E-state index contributed by atoms with van der Waals surface area (Å²) in [5.41, 5.74) is 9.22. The fourth-order valence-corrected chi connectivity index (χ4v) is 2.35. The van der Waals surface area contributed by atoms with E-state index in [9.17, 15) is 0 Å². The predicted octanol–water partition coefficient (Wildman–Crippen LogP) is 3.69. The van der Waals surface area contributed by atoms with Crippen molar-refractivity contribution >= 4 is 35.6 Å². The van der Waals surface area contributed by atoms with Crippen molar-refractivity contribution in [2.75, 3.05) is 26.0 Å². The SMILES string of the molecule is CCN(C)Cc1cccc(CN=C(N)Nc2ccccc2OC)c1.I. The Kier molecular flexibility index (Phi) is 9.30. The Balaban J connectivity index is 0.00000312. The largest absolute Gasteiger partial charge is 0.495 e. The minimum atomic E-state index is 0. The van der Waals surface area contributed by atoms with Crippen LogP contribution in [0.3, 0.4) is 0 Å². The molecule has 0 saturated carbocycles. The molecule has 0 fully saturated rings. The molecule has 0 unspecified atom stereocenters. The van der Waals surface area contributed by atoms with E-state index in [0.29, 0.717) is 12.5 Å². The van der Waals surface area contributed by atoms with E-state index >= 15 is 0 Å². The van der Waals surface area contributed by atoms with Crippen LogP contribution >= 0.6 is 24.0 Å². The number of ether oxygens (including phenoxy) is 1. The van der Waals surface area contributed by atoms with E-state index in [-0.39, 0.29) is 24.0 Å². The van der Waals surface area contributed by atoms with E-state index < -0.39 is 0 Å². The molecule has 0 radical (unpaired) electrons. The molecule has 0 amide bonds. The molecule has 2 aromatic carbocycles. The summed E-state index contributed by atoms with van der Waals surface area (Å²) in [6, 6.07) is 16.1. The highest BCUT2D eigenvalue weighted by Gasteiger charge is 2.03. The molecule has 0 bridgehead atoms. The van der Waals surface area contributed by atoms with Gasteiger partial charge in [0.15, 0.2) is 5.96 Å². The van der Waals surface area contributed by atoms with E-state index in [1.165, 1.54) is 5.56 Å². The van der Waals surface area contributed by atoms with Gasteiger partial charge in [-0.15, -0.1) is 24.0 Å². The summed E-state index contributed by atoms with van der Waals surface area (Å²) in [7, 11) is 3.74. The fourth-order valence-electron chi connectivity index (χ4n) is 2.35. The Morgan fingerprint density at radius 2 is 1.88 bits per heavy atom. The number of hydrogen-bond acceptors (Lipinski definition) is 3. The van der Waals surface area contributed by atoms with E-state index in [1.54, 1.807) is 7.11 Å². The lowest BCUT2D eigenvalue weighted by Gasteiger charge is -2.14. The quantitative estimate of drug-likeness (QED) is 0.381. The Labute approximate surface area is 167 Å². The summed E-state index contributed by atoms with van der Waals surface area (Å²) in [6.45, 7) is 4.65. The third kappa shape index (κ3) is 6.91. The minimum absolute atomic E-state index is 0. The van der Waals surface area contributed by atoms with Crippen molar-refractivity contribution in [2.45, 2.75) is 20.0 Å². The number of guanidine groups is 1. The third-order valence-corrected chi connectivity index (χ3v) is 3.79. The normalized spacial score (nSPS) is 11.1. The van der Waals surface area contributed by atoms with Crippen LogP contribution in [-0.4, -0.2) is 31.6 Å². The van der Waals surface area contributed by atoms with Gasteiger partial charge in [0.2, 0.25) is 0 Å². The van der Waals surface area contributed by atoms with E-state index in [4.69, 9.17) is 10.5 Å². The molecule has 136 valence electrons. The number of para-hydroxylation sites is 2. The molecular weight excluding hydrogens is 427 g/mol. The first-order valence-corrected chi connectivity index (χ1v) is 8.08. The zero-order valence-electron chi connectivity index (χ0n) is 15.0. The zero-order valence-corrected chi connectivity index (χ0v) is 17.4. The number of anilines is 1. The Hall–Kier alpha value is -1.80. The number of benzene rings is 2. The molecule has 0 saturated heterocycles. The van der Waals surface area contributed by atoms with Crippen LogP contribution in [0.2, 0.25) is 0 Å². The highest BCUT2D eigenvalue weighted by Crippen LogP contribution is 2.22. The van der Waals surface area contributed by atoms with Crippen LogP contribution < -0.4 is 15.8 Å². The molecule has 3 N–H and O–H groups in total. The van der Waals surface area contributed by atoms with Crippen LogP contribution in [0.1, 0.15) is 18.1 Å². The first-order chi connectivity index (χ1) is 11.6. The number of hydrogen-bond donors (Lipinski definition) is 2. The van der Waals surface area contributed by atoms with Crippen LogP contribution in [0.25, 0.3) is 0 Å². The van der Waals surface area contributed by atoms with E-state index in [0.717, 1.165) is 30.1 Å². The summed E-state index contributed by atoms with van der Waals surface area (Å²) < 4.78 is 5.29. The standard InChI is InChI=1S/C19H26N4O.HI/c1-4-23(2)14-16-9-7-8-15(12-16)13-21-19(20)22-17-10-5-6-11-18(17)24-3;/h5-12H,4,13-14H2,1-3H3,(H3,20,21,22);1H. The summed E-state index contributed by atoms with van der Waals surface area (Å²) >= 11 is 0. The van der Waals surface area contributed by atoms with Crippen LogP contribution in [-0.2, 0) is 13.1 Å². The lowest BCUT2D eigenvalue weighted by Crippen LogP contribution is -2.23. The number of methoxy groups -OCH3 is 1. The Bertz CT molecular complexity index is 691. The van der Waals surface area contributed by atoms with Crippen LogP contribution in [0.15, 0.2) is 53.5 Å². The molecule has 0 aromatic heterocycles. The van der Waals surface area contributed by atoms with Gasteiger partial charge in [0.1, 0.15) is 5.75 Å². The molecule has 0 atom stereocenters. The fraction of sp³-hybridized carbons (Fsp3) is 0.316. The Morgan fingerprint density at radius 1 is 1.16 bits per heavy atom. The second-order valence-electron chi connectivity index (χ2n) is 5.68. The zero-order chi connectivity index (χ0) is 17.4. The summed E-state index contributed by atoms with van der Waals surface area (Å²) in [6.07, 6.45) is 0. The van der Waals surface area contributed by atoms with Gasteiger partial charge in [-0.25, -0.2) is 4.99 Å². The molecule has 0 spiro atoms. The summed E-state index contributed by atoms with van der Waals surface area (Å²) in [5, 5.41) is 3.08. The number of halogens is 1. The number of nitrogens with two attached hydrogens (primary N) is 1. The molecule has 2 rings (SSSR count). The smallest absolute Gasteiger partial charge is 0.193 e. The number of nitrogens with zero attached hydrogens (tertiary/aromatic N) is 2.